The molecule has 60 heavy (non-hydrogen) atoms. The lowest BCUT2D eigenvalue weighted by atomic mass is 10.1. The van der Waals surface area contributed by atoms with E-state index in [-0.39, 0.29) is 41.9 Å². The monoisotopic (exact) mass is 852 g/mol. The smallest absolute Gasteiger partial charge is 0.257 e. The Kier molecular flexibility index (Phi) is 13.6. The first-order chi connectivity index (χ1) is 28.9. The molecular formula is C46H56N6O6S2. The lowest BCUT2D eigenvalue weighted by Crippen LogP contribution is -2.35. The summed E-state index contributed by atoms with van der Waals surface area (Å²) in [5, 5.41) is 0. The molecule has 0 saturated carbocycles. The SMILES string of the molecule is C/C=C1\C[C@H]2C=Nc3cc(OCc4cc(CCCN(C)CC(C)(C)SSC)cc(COc5cc6c(cc5OC)C(=O)N5C/C(=C/C)C[C@H]5C=N6)n4)c(OC)cc3C(=O)N2C1. The van der Waals surface area contributed by atoms with Crippen molar-refractivity contribution in [2.24, 2.45) is 9.98 Å². The molecule has 12 nitrogen and oxygen atoms in total. The van der Waals surface area contributed by atoms with E-state index in [1.54, 1.807) is 49.3 Å². The zero-order chi connectivity index (χ0) is 42.6. The van der Waals surface area contributed by atoms with Crippen molar-refractivity contribution in [1.29, 1.82) is 0 Å². The Morgan fingerprint density at radius 3 is 1.73 bits per heavy atom. The van der Waals surface area contributed by atoms with Crippen LogP contribution in [0.5, 0.6) is 23.0 Å². The van der Waals surface area contributed by atoms with Crippen molar-refractivity contribution in [1.82, 2.24) is 19.7 Å². The number of hydrogen-bond acceptors (Lipinski definition) is 12. The maximum atomic E-state index is 13.7. The summed E-state index contributed by atoms with van der Waals surface area (Å²) in [5.74, 6) is 1.71. The number of hydrogen-bond donors (Lipinski definition) is 0. The molecule has 4 aliphatic rings. The van der Waals surface area contributed by atoms with Gasteiger partial charge in [-0.05, 0) is 103 Å². The second kappa shape index (κ2) is 18.9. The minimum Gasteiger partial charge on any atom is -0.493 e. The maximum absolute atomic E-state index is 13.7. The minimum atomic E-state index is -0.0787. The van der Waals surface area contributed by atoms with E-state index in [2.05, 4.69) is 56.3 Å². The van der Waals surface area contributed by atoms with Crippen molar-refractivity contribution in [2.45, 2.75) is 83.4 Å². The zero-order valence-electron chi connectivity index (χ0n) is 35.9. The van der Waals surface area contributed by atoms with Gasteiger partial charge in [0.25, 0.3) is 11.8 Å². The Morgan fingerprint density at radius 1 is 0.783 bits per heavy atom. The van der Waals surface area contributed by atoms with Crippen LogP contribution in [0.3, 0.4) is 0 Å². The largest absolute Gasteiger partial charge is 0.493 e. The van der Waals surface area contributed by atoms with Gasteiger partial charge in [-0.3, -0.25) is 24.6 Å². The number of rotatable bonds is 16. The molecule has 2 atom stereocenters. The summed E-state index contributed by atoms with van der Waals surface area (Å²) < 4.78 is 24.5. The summed E-state index contributed by atoms with van der Waals surface area (Å²) in [4.78, 5) is 47.9. The van der Waals surface area contributed by atoms with Crippen LogP contribution in [0.4, 0.5) is 11.4 Å². The van der Waals surface area contributed by atoms with Crippen molar-refractivity contribution in [3.63, 3.8) is 0 Å². The molecule has 14 heteroatoms. The Balaban J connectivity index is 1.12. The Hall–Kier alpha value is -4.79. The van der Waals surface area contributed by atoms with Gasteiger partial charge in [-0.15, -0.1) is 0 Å². The Morgan fingerprint density at radius 2 is 1.28 bits per heavy atom. The average Bonchev–Trinajstić information content (AvgIpc) is 3.80. The van der Waals surface area contributed by atoms with Gasteiger partial charge < -0.3 is 33.6 Å². The van der Waals surface area contributed by atoms with Crippen molar-refractivity contribution in [3.05, 3.63) is 87.8 Å². The van der Waals surface area contributed by atoms with Crippen LogP contribution in [0, 0.1) is 0 Å². The van der Waals surface area contributed by atoms with Crippen LogP contribution in [0.25, 0.3) is 0 Å². The highest BCUT2D eigenvalue weighted by Crippen LogP contribution is 2.41. The third-order valence-corrected chi connectivity index (χ3v) is 13.9. The van der Waals surface area contributed by atoms with E-state index >= 15 is 0 Å². The number of methoxy groups -OCH3 is 2. The highest BCUT2D eigenvalue weighted by Gasteiger charge is 2.36. The Bertz CT molecular complexity index is 2100. The van der Waals surface area contributed by atoms with E-state index in [1.165, 1.54) is 11.1 Å². The number of benzene rings is 2. The number of amides is 2. The fourth-order valence-electron chi connectivity index (χ4n) is 8.38. The fraction of sp³-hybridized carbons (Fsp3) is 0.457. The van der Waals surface area contributed by atoms with Gasteiger partial charge in [-0.25, -0.2) is 0 Å². The maximum Gasteiger partial charge on any atom is 0.257 e. The molecule has 0 bridgehead atoms. The van der Waals surface area contributed by atoms with E-state index in [4.69, 9.17) is 33.9 Å². The zero-order valence-corrected chi connectivity index (χ0v) is 37.6. The minimum absolute atomic E-state index is 0.0710. The summed E-state index contributed by atoms with van der Waals surface area (Å²) in [6.45, 7) is 12.0. The molecule has 0 spiro atoms. The molecule has 7 rings (SSSR count). The standard InChI is InChI=1S/C46H56N6O6S2/c1-9-29-16-34-22-47-38-20-42(40(55-6)18-36(38)44(53)51(34)24-29)57-26-32-14-31(12-11-13-50(5)28-46(3,4)60-59-8)15-33(49-32)27-58-43-21-39-37(19-41(43)56-7)45(54)52-25-30(10-2)17-35(52)23-48-39/h9-10,14-15,18-23,34-35H,11-13,16-17,24-28H2,1-8H3/b29-9+,30-10+/t34-,35-/m0/s1. The third-order valence-electron chi connectivity index (χ3n) is 11.3. The van der Waals surface area contributed by atoms with Gasteiger partial charge in [0.2, 0.25) is 0 Å². The second-order valence-corrected chi connectivity index (χ2v) is 19.4. The molecule has 0 aliphatic carbocycles. The predicted octanol–water partition coefficient (Wildman–Crippen LogP) is 8.66. The lowest BCUT2D eigenvalue weighted by Gasteiger charge is -2.28. The van der Waals surface area contributed by atoms with Gasteiger partial charge in [-0.1, -0.05) is 44.9 Å². The van der Waals surface area contributed by atoms with Crippen LogP contribution < -0.4 is 18.9 Å². The molecular weight excluding hydrogens is 797 g/mol. The van der Waals surface area contributed by atoms with E-state index in [9.17, 15) is 9.59 Å². The quantitative estimate of drug-likeness (QED) is 0.102. The molecule has 4 aliphatic heterocycles. The van der Waals surface area contributed by atoms with Gasteiger partial charge in [0.1, 0.15) is 13.2 Å². The molecule has 0 N–H and O–H groups in total. The lowest BCUT2D eigenvalue weighted by molar-refractivity contribution is 0.0769. The topological polar surface area (TPSA) is 118 Å². The summed E-state index contributed by atoms with van der Waals surface area (Å²) in [6.07, 6.45) is 13.3. The summed E-state index contributed by atoms with van der Waals surface area (Å²) >= 11 is 0. The van der Waals surface area contributed by atoms with E-state index in [0.717, 1.165) is 55.7 Å². The third kappa shape index (κ3) is 9.71. The molecule has 2 fully saturated rings. The van der Waals surface area contributed by atoms with Crippen molar-refractivity contribution < 1.29 is 28.5 Å². The molecule has 2 saturated heterocycles. The Labute approximate surface area is 361 Å². The first-order valence-electron chi connectivity index (χ1n) is 20.5. The number of carbonyl (C=O) groups is 2. The summed E-state index contributed by atoms with van der Waals surface area (Å²) in [5.41, 5.74) is 7.08. The van der Waals surface area contributed by atoms with Crippen LogP contribution in [-0.4, -0.2) is 114 Å². The average molecular weight is 853 g/mol. The first kappa shape index (κ1) is 43.3. The highest BCUT2D eigenvalue weighted by atomic mass is 33.1. The number of nitrogens with zero attached hydrogens (tertiary/aromatic N) is 6. The van der Waals surface area contributed by atoms with E-state index in [0.29, 0.717) is 58.6 Å². The molecule has 318 valence electrons. The normalized spacial score (nSPS) is 19.7. The van der Waals surface area contributed by atoms with Crippen LogP contribution >= 0.6 is 21.6 Å². The number of ether oxygens (including phenoxy) is 4. The van der Waals surface area contributed by atoms with Crippen LogP contribution in [0.1, 0.15) is 84.6 Å². The first-order valence-corrected chi connectivity index (χ1v) is 23.1. The molecule has 0 unspecified atom stereocenters. The predicted molar refractivity (Wildman–Crippen MR) is 243 cm³/mol. The number of aliphatic imine (C=N–C) groups is 2. The van der Waals surface area contributed by atoms with Gasteiger partial charge in [0.15, 0.2) is 23.0 Å². The van der Waals surface area contributed by atoms with Gasteiger partial charge >= 0.3 is 0 Å². The van der Waals surface area contributed by atoms with Gasteiger partial charge in [0.05, 0.1) is 60.2 Å². The highest BCUT2D eigenvalue weighted by molar-refractivity contribution is 8.77. The van der Waals surface area contributed by atoms with Gasteiger partial charge in [-0.2, -0.15) is 0 Å². The van der Waals surface area contributed by atoms with Crippen LogP contribution in [0.15, 0.2) is 69.7 Å². The van der Waals surface area contributed by atoms with Crippen LogP contribution in [0.2, 0.25) is 0 Å². The molecule has 1 aromatic heterocycles. The molecule has 0 radical (unpaired) electrons. The van der Waals surface area contributed by atoms with Crippen molar-refractivity contribution in [3.8, 4) is 23.0 Å². The van der Waals surface area contributed by atoms with Crippen LogP contribution in [-0.2, 0) is 19.6 Å². The fourth-order valence-corrected chi connectivity index (χ4v) is 10.6. The van der Waals surface area contributed by atoms with Gasteiger partial charge in [0, 0.05) is 48.9 Å². The number of aryl methyl sites for hydroxylation is 1. The van der Waals surface area contributed by atoms with E-state index in [1.807, 2.05) is 46.9 Å². The molecule has 5 heterocycles. The van der Waals surface area contributed by atoms with Crippen molar-refractivity contribution in [2.75, 3.05) is 53.7 Å². The van der Waals surface area contributed by atoms with Crippen molar-refractivity contribution >= 4 is 57.2 Å². The number of allylic oxidation sites excluding steroid dienone is 2. The molecule has 2 amide bonds. The second-order valence-electron chi connectivity index (χ2n) is 16.3. The summed E-state index contributed by atoms with van der Waals surface area (Å²) in [7, 11) is 9.02. The summed E-state index contributed by atoms with van der Waals surface area (Å²) in [6, 6.07) is 11.0. The number of fused-ring (bicyclic) bond motifs is 4. The number of aromatic nitrogens is 1. The van der Waals surface area contributed by atoms with E-state index < -0.39 is 0 Å². The molecule has 2 aromatic carbocycles. The number of carbonyl (C=O) groups excluding carboxylic acids is 2. The molecule has 3 aromatic rings. The number of pyridine rings is 1.